The molecule has 0 radical (unpaired) electrons. The molecule has 0 aliphatic carbocycles. The number of hydrogen-bond acceptors (Lipinski definition) is 3. The van der Waals surface area contributed by atoms with Gasteiger partial charge in [0.2, 0.25) is 0 Å². The number of imidazole rings is 1. The summed E-state index contributed by atoms with van der Waals surface area (Å²) in [5.74, 6) is 0.829. The molecule has 1 heterocycles. The van der Waals surface area contributed by atoms with Crippen LogP contribution in [0.5, 0.6) is 0 Å². The number of H-pyrrole nitrogens is 1. The zero-order chi connectivity index (χ0) is 9.90. The third-order valence-corrected chi connectivity index (χ3v) is 2.40. The summed E-state index contributed by atoms with van der Waals surface area (Å²) in [6.07, 6.45) is 3.55. The van der Waals surface area contributed by atoms with E-state index in [2.05, 4.69) is 48.1 Å². The quantitative estimate of drug-likeness (QED) is 0.734. The lowest BCUT2D eigenvalue weighted by molar-refractivity contribution is 0.210. The molecular formula is C9H18N4. The van der Waals surface area contributed by atoms with Crippen LogP contribution in [0.25, 0.3) is 0 Å². The maximum absolute atomic E-state index is 4.09. The van der Waals surface area contributed by atoms with Gasteiger partial charge in [-0.15, -0.1) is 0 Å². The van der Waals surface area contributed by atoms with Crippen LogP contribution in [0, 0.1) is 0 Å². The Balaban J connectivity index is 2.42. The van der Waals surface area contributed by atoms with Gasteiger partial charge in [-0.3, -0.25) is 0 Å². The van der Waals surface area contributed by atoms with Crippen LogP contribution in [0.2, 0.25) is 0 Å². The van der Waals surface area contributed by atoms with Crippen LogP contribution in [-0.2, 0) is 0 Å². The first-order valence-electron chi connectivity index (χ1n) is 4.43. The maximum atomic E-state index is 4.09. The summed E-state index contributed by atoms with van der Waals surface area (Å²) < 4.78 is 0. The summed E-state index contributed by atoms with van der Waals surface area (Å²) in [6.45, 7) is 5.24. The monoisotopic (exact) mass is 182 g/mol. The molecule has 0 atom stereocenters. The number of rotatable bonds is 4. The Bertz CT molecular complexity index is 238. The van der Waals surface area contributed by atoms with Crippen LogP contribution in [0.15, 0.2) is 12.4 Å². The van der Waals surface area contributed by atoms with Crippen molar-refractivity contribution >= 4 is 5.95 Å². The van der Waals surface area contributed by atoms with E-state index in [1.54, 1.807) is 6.20 Å². The van der Waals surface area contributed by atoms with Crippen molar-refractivity contribution in [2.24, 2.45) is 0 Å². The van der Waals surface area contributed by atoms with Gasteiger partial charge in [0, 0.05) is 24.5 Å². The largest absolute Gasteiger partial charge is 0.354 e. The first kappa shape index (κ1) is 10.1. The summed E-state index contributed by atoms with van der Waals surface area (Å²) in [4.78, 5) is 9.28. The third-order valence-electron chi connectivity index (χ3n) is 2.40. The summed E-state index contributed by atoms with van der Waals surface area (Å²) in [5, 5.41) is 3.24. The molecule has 0 aliphatic heterocycles. The van der Waals surface area contributed by atoms with Crippen molar-refractivity contribution in [2.75, 3.05) is 26.0 Å². The van der Waals surface area contributed by atoms with Crippen LogP contribution in [0.3, 0.4) is 0 Å². The number of aromatic amines is 1. The van der Waals surface area contributed by atoms with Gasteiger partial charge in [0.25, 0.3) is 0 Å². The fourth-order valence-electron chi connectivity index (χ4n) is 0.820. The lowest BCUT2D eigenvalue weighted by atomic mass is 10.1. The Kier molecular flexibility index (Phi) is 2.93. The minimum Gasteiger partial charge on any atom is -0.354 e. The highest BCUT2D eigenvalue weighted by atomic mass is 15.2. The van der Waals surface area contributed by atoms with E-state index in [9.17, 15) is 0 Å². The van der Waals surface area contributed by atoms with Crippen molar-refractivity contribution in [3.63, 3.8) is 0 Å². The minimum absolute atomic E-state index is 0.132. The van der Waals surface area contributed by atoms with Crippen LogP contribution >= 0.6 is 0 Å². The standard InChI is InChI=1S/C9H18N4/c1-9(2,13(3)4)7-12-8-10-5-6-11-8/h5-6H,7H2,1-4H3,(H2,10,11,12). The predicted octanol–water partition coefficient (Wildman–Crippen LogP) is 1.16. The molecule has 2 N–H and O–H groups in total. The van der Waals surface area contributed by atoms with Crippen molar-refractivity contribution in [3.8, 4) is 0 Å². The van der Waals surface area contributed by atoms with Gasteiger partial charge in [0.15, 0.2) is 5.95 Å². The number of likely N-dealkylation sites (N-methyl/N-ethyl adjacent to an activating group) is 1. The third kappa shape index (κ3) is 2.73. The van der Waals surface area contributed by atoms with Gasteiger partial charge < -0.3 is 15.2 Å². The first-order chi connectivity index (χ1) is 6.02. The van der Waals surface area contributed by atoms with E-state index in [1.165, 1.54) is 0 Å². The van der Waals surface area contributed by atoms with Crippen LogP contribution in [0.1, 0.15) is 13.8 Å². The van der Waals surface area contributed by atoms with Crippen LogP contribution in [-0.4, -0.2) is 41.0 Å². The van der Waals surface area contributed by atoms with Crippen LogP contribution in [0.4, 0.5) is 5.95 Å². The molecule has 13 heavy (non-hydrogen) atoms. The summed E-state index contributed by atoms with van der Waals surface area (Å²) in [5.41, 5.74) is 0.132. The van der Waals surface area contributed by atoms with Crippen molar-refractivity contribution < 1.29 is 0 Å². The highest BCUT2D eigenvalue weighted by molar-refractivity contribution is 5.23. The molecule has 1 aromatic rings. The van der Waals surface area contributed by atoms with E-state index in [4.69, 9.17) is 0 Å². The summed E-state index contributed by atoms with van der Waals surface area (Å²) >= 11 is 0. The van der Waals surface area contributed by atoms with E-state index >= 15 is 0 Å². The predicted molar refractivity (Wildman–Crippen MR) is 54.8 cm³/mol. The fraction of sp³-hybridized carbons (Fsp3) is 0.667. The molecule has 1 aromatic heterocycles. The van der Waals surface area contributed by atoms with Gasteiger partial charge in [-0.1, -0.05) is 0 Å². The molecule has 0 bridgehead atoms. The lowest BCUT2D eigenvalue weighted by Gasteiger charge is -2.32. The van der Waals surface area contributed by atoms with E-state index in [1.807, 2.05) is 6.20 Å². The summed E-state index contributed by atoms with van der Waals surface area (Å²) in [6, 6.07) is 0. The van der Waals surface area contributed by atoms with Crippen molar-refractivity contribution in [1.29, 1.82) is 0 Å². The molecule has 4 nitrogen and oxygen atoms in total. The average Bonchev–Trinajstić information content (AvgIpc) is 2.52. The Labute approximate surface area is 79.4 Å². The lowest BCUT2D eigenvalue weighted by Crippen LogP contribution is -2.44. The minimum atomic E-state index is 0.132. The number of hydrogen-bond donors (Lipinski definition) is 2. The molecule has 0 aromatic carbocycles. The molecule has 0 saturated carbocycles. The molecule has 74 valence electrons. The van der Waals surface area contributed by atoms with Gasteiger partial charge in [0.05, 0.1) is 0 Å². The van der Waals surface area contributed by atoms with E-state index in [0.717, 1.165) is 12.5 Å². The zero-order valence-electron chi connectivity index (χ0n) is 8.76. The van der Waals surface area contributed by atoms with Gasteiger partial charge in [0.1, 0.15) is 0 Å². The molecule has 0 amide bonds. The summed E-state index contributed by atoms with van der Waals surface area (Å²) in [7, 11) is 4.15. The maximum Gasteiger partial charge on any atom is 0.200 e. The highest BCUT2D eigenvalue weighted by Crippen LogP contribution is 2.10. The number of nitrogens with zero attached hydrogens (tertiary/aromatic N) is 2. The second kappa shape index (κ2) is 3.79. The van der Waals surface area contributed by atoms with Gasteiger partial charge >= 0.3 is 0 Å². The first-order valence-corrected chi connectivity index (χ1v) is 4.43. The molecule has 0 fully saturated rings. The van der Waals surface area contributed by atoms with E-state index in [0.29, 0.717) is 0 Å². The van der Waals surface area contributed by atoms with Crippen LogP contribution < -0.4 is 5.32 Å². The Morgan fingerprint density at radius 3 is 2.69 bits per heavy atom. The average molecular weight is 182 g/mol. The molecule has 4 heteroatoms. The van der Waals surface area contributed by atoms with Gasteiger partial charge in [-0.25, -0.2) is 4.98 Å². The second-order valence-electron chi connectivity index (χ2n) is 4.00. The van der Waals surface area contributed by atoms with Gasteiger partial charge in [-0.05, 0) is 27.9 Å². The Morgan fingerprint density at radius 2 is 2.23 bits per heavy atom. The molecule has 0 unspecified atom stereocenters. The number of nitrogens with one attached hydrogen (secondary N) is 2. The van der Waals surface area contributed by atoms with Gasteiger partial charge in [-0.2, -0.15) is 0 Å². The zero-order valence-corrected chi connectivity index (χ0v) is 8.76. The highest BCUT2D eigenvalue weighted by Gasteiger charge is 2.19. The van der Waals surface area contributed by atoms with E-state index in [-0.39, 0.29) is 5.54 Å². The molecule has 0 aliphatic rings. The number of anilines is 1. The SMILES string of the molecule is CN(C)C(C)(C)CNc1ncc[nH]1. The van der Waals surface area contributed by atoms with Crippen molar-refractivity contribution in [3.05, 3.63) is 12.4 Å². The fourth-order valence-corrected chi connectivity index (χ4v) is 0.820. The normalized spacial score (nSPS) is 12.1. The van der Waals surface area contributed by atoms with Crippen molar-refractivity contribution in [2.45, 2.75) is 19.4 Å². The van der Waals surface area contributed by atoms with E-state index < -0.39 is 0 Å². The van der Waals surface area contributed by atoms with Crippen molar-refractivity contribution in [1.82, 2.24) is 14.9 Å². The molecular weight excluding hydrogens is 164 g/mol. The Morgan fingerprint density at radius 1 is 1.54 bits per heavy atom. The molecule has 0 spiro atoms. The second-order valence-corrected chi connectivity index (χ2v) is 4.00. The molecule has 0 saturated heterocycles. The number of aromatic nitrogens is 2. The topological polar surface area (TPSA) is 44.0 Å². The smallest absolute Gasteiger partial charge is 0.200 e. The Hall–Kier alpha value is -1.03. The molecule has 1 rings (SSSR count).